The number of nitrogens with zero attached hydrogens (tertiary/aromatic N) is 4. The van der Waals surface area contributed by atoms with E-state index in [4.69, 9.17) is 0 Å². The van der Waals surface area contributed by atoms with E-state index in [1.165, 1.54) is 32.6 Å². The summed E-state index contributed by atoms with van der Waals surface area (Å²) < 4.78 is 7.03. The van der Waals surface area contributed by atoms with Crippen LogP contribution in [0.2, 0.25) is 0 Å². The van der Waals surface area contributed by atoms with Crippen LogP contribution in [-0.4, -0.2) is 13.7 Å². The third-order valence-electron chi connectivity index (χ3n) is 9.65. The summed E-state index contributed by atoms with van der Waals surface area (Å²) >= 11 is 0. The molecular weight excluding hydrogens is 573 g/mol. The third kappa shape index (κ3) is 3.51. The molecule has 7 aromatic carbocycles. The van der Waals surface area contributed by atoms with Crippen LogP contribution in [0.1, 0.15) is 5.56 Å². The van der Waals surface area contributed by atoms with Crippen molar-refractivity contribution in [3.8, 4) is 23.1 Å². The summed E-state index contributed by atoms with van der Waals surface area (Å²) in [4.78, 5) is 0. The van der Waals surface area contributed by atoms with Crippen LogP contribution in [0.15, 0.2) is 158 Å². The monoisotopic (exact) mass is 598 g/mol. The maximum Gasteiger partial charge on any atom is 0.101 e. The van der Waals surface area contributed by atoms with Crippen LogP contribution in [0.25, 0.3) is 82.5 Å². The summed E-state index contributed by atoms with van der Waals surface area (Å²) in [7, 11) is 0. The van der Waals surface area contributed by atoms with E-state index in [-0.39, 0.29) is 0 Å². The smallest absolute Gasteiger partial charge is 0.101 e. The quantitative estimate of drug-likeness (QED) is 0.199. The van der Waals surface area contributed by atoms with Crippen molar-refractivity contribution in [1.29, 1.82) is 5.26 Å². The Balaban J connectivity index is 1.38. The summed E-state index contributed by atoms with van der Waals surface area (Å²) in [6, 6.07) is 58.2. The van der Waals surface area contributed by atoms with E-state index in [9.17, 15) is 5.26 Å². The van der Waals surface area contributed by atoms with E-state index in [0.29, 0.717) is 5.56 Å². The van der Waals surface area contributed by atoms with Crippen LogP contribution in [0.4, 0.5) is 0 Å². The molecule has 4 heteroatoms. The molecule has 0 aliphatic heterocycles. The van der Waals surface area contributed by atoms with Crippen LogP contribution < -0.4 is 0 Å². The normalized spacial score (nSPS) is 11.8. The Hall–Kier alpha value is -6.57. The van der Waals surface area contributed by atoms with E-state index in [1.807, 2.05) is 18.2 Å². The largest absolute Gasteiger partial charge is 0.309 e. The molecule has 0 spiro atoms. The molecule has 0 unspecified atom stereocenters. The second-order valence-corrected chi connectivity index (χ2v) is 12.1. The molecule has 218 valence electrons. The molecule has 0 fully saturated rings. The lowest BCUT2D eigenvalue weighted by Crippen LogP contribution is -1.96. The van der Waals surface area contributed by atoms with E-state index >= 15 is 0 Å². The van der Waals surface area contributed by atoms with Gasteiger partial charge in [0.1, 0.15) is 6.07 Å². The van der Waals surface area contributed by atoms with Gasteiger partial charge < -0.3 is 13.7 Å². The van der Waals surface area contributed by atoms with Crippen molar-refractivity contribution in [2.75, 3.05) is 0 Å². The Morgan fingerprint density at radius 2 is 0.915 bits per heavy atom. The molecule has 0 saturated heterocycles. The highest BCUT2D eigenvalue weighted by Gasteiger charge is 2.23. The summed E-state index contributed by atoms with van der Waals surface area (Å²) in [5.74, 6) is 0. The lowest BCUT2D eigenvalue weighted by atomic mass is 10.1. The van der Waals surface area contributed by atoms with E-state index in [1.54, 1.807) is 0 Å². The number of rotatable bonds is 3. The number of benzene rings is 7. The third-order valence-corrected chi connectivity index (χ3v) is 9.65. The SMILES string of the molecule is N#Cc1cccc2c3c(ccc4c5ccccc5n(-c5ccc6c(c5)c5ccccc5n6-c5ccccc5)c43)n(-c3ccccc3)c12. The minimum absolute atomic E-state index is 0.661. The molecule has 0 aliphatic carbocycles. The average molecular weight is 599 g/mol. The molecule has 0 saturated carbocycles. The van der Waals surface area contributed by atoms with E-state index in [0.717, 1.165) is 49.9 Å². The zero-order valence-corrected chi connectivity index (χ0v) is 25.3. The fourth-order valence-corrected chi connectivity index (χ4v) is 7.76. The van der Waals surface area contributed by atoms with E-state index < -0.39 is 0 Å². The van der Waals surface area contributed by atoms with Gasteiger partial charge in [0.15, 0.2) is 0 Å². The molecule has 0 aliphatic rings. The summed E-state index contributed by atoms with van der Waals surface area (Å²) in [5.41, 5.74) is 10.6. The van der Waals surface area contributed by atoms with Gasteiger partial charge in [-0.2, -0.15) is 5.26 Å². The van der Waals surface area contributed by atoms with Gasteiger partial charge in [0.05, 0.1) is 38.7 Å². The first kappa shape index (κ1) is 25.7. The molecule has 0 amide bonds. The summed E-state index contributed by atoms with van der Waals surface area (Å²) in [6.07, 6.45) is 0. The number of hydrogen-bond acceptors (Lipinski definition) is 1. The molecule has 0 radical (unpaired) electrons. The van der Waals surface area contributed by atoms with Crippen LogP contribution in [0, 0.1) is 11.3 Å². The van der Waals surface area contributed by atoms with Gasteiger partial charge in [0.25, 0.3) is 0 Å². The molecule has 3 heterocycles. The van der Waals surface area contributed by atoms with Crippen molar-refractivity contribution in [1.82, 2.24) is 13.7 Å². The fraction of sp³-hybridized carbons (Fsp3) is 0. The highest BCUT2D eigenvalue weighted by molar-refractivity contribution is 6.26. The molecular formula is C43H26N4. The van der Waals surface area contributed by atoms with E-state index in [2.05, 4.69) is 159 Å². The summed E-state index contributed by atoms with van der Waals surface area (Å²) in [6.45, 7) is 0. The van der Waals surface area contributed by atoms with Crippen molar-refractivity contribution in [3.63, 3.8) is 0 Å². The molecule has 0 atom stereocenters. The number of para-hydroxylation sites is 5. The predicted octanol–water partition coefficient (Wildman–Crippen LogP) is 10.8. The number of fused-ring (bicyclic) bond motifs is 10. The van der Waals surface area contributed by atoms with Gasteiger partial charge in [-0.1, -0.05) is 91.0 Å². The van der Waals surface area contributed by atoms with Gasteiger partial charge in [-0.3, -0.25) is 0 Å². The zero-order chi connectivity index (χ0) is 31.1. The lowest BCUT2D eigenvalue weighted by Gasteiger charge is -2.11. The molecule has 47 heavy (non-hydrogen) atoms. The van der Waals surface area contributed by atoms with Crippen molar-refractivity contribution in [3.05, 3.63) is 163 Å². The zero-order valence-electron chi connectivity index (χ0n) is 25.3. The van der Waals surface area contributed by atoms with Gasteiger partial charge in [-0.25, -0.2) is 0 Å². The van der Waals surface area contributed by atoms with Gasteiger partial charge in [0.2, 0.25) is 0 Å². The Kier molecular flexibility index (Phi) is 5.32. The Bertz CT molecular complexity index is 2900. The van der Waals surface area contributed by atoms with Crippen LogP contribution in [0.3, 0.4) is 0 Å². The topological polar surface area (TPSA) is 38.6 Å². The second kappa shape index (κ2) is 9.71. The predicted molar refractivity (Wildman–Crippen MR) is 194 cm³/mol. The highest BCUT2D eigenvalue weighted by atomic mass is 15.0. The van der Waals surface area contributed by atoms with Gasteiger partial charge >= 0.3 is 0 Å². The van der Waals surface area contributed by atoms with Crippen molar-refractivity contribution >= 4 is 65.4 Å². The second-order valence-electron chi connectivity index (χ2n) is 12.1. The van der Waals surface area contributed by atoms with Crippen LogP contribution >= 0.6 is 0 Å². The van der Waals surface area contributed by atoms with Gasteiger partial charge in [-0.15, -0.1) is 0 Å². The number of nitriles is 1. The molecule has 3 aromatic heterocycles. The number of hydrogen-bond donors (Lipinski definition) is 0. The molecule has 0 bridgehead atoms. The molecule has 10 aromatic rings. The Labute approximate surface area is 270 Å². The lowest BCUT2D eigenvalue weighted by molar-refractivity contribution is 1.16. The Morgan fingerprint density at radius 3 is 1.64 bits per heavy atom. The average Bonchev–Trinajstić information content (AvgIpc) is 3.78. The highest BCUT2D eigenvalue weighted by Crippen LogP contribution is 2.43. The van der Waals surface area contributed by atoms with Crippen molar-refractivity contribution in [2.24, 2.45) is 0 Å². The number of aromatic nitrogens is 3. The minimum Gasteiger partial charge on any atom is -0.309 e. The van der Waals surface area contributed by atoms with Gasteiger partial charge in [-0.05, 0) is 66.7 Å². The molecule has 0 N–H and O–H groups in total. The van der Waals surface area contributed by atoms with Crippen LogP contribution in [0.5, 0.6) is 0 Å². The first-order valence-electron chi connectivity index (χ1n) is 15.9. The molecule has 10 rings (SSSR count). The van der Waals surface area contributed by atoms with Crippen LogP contribution in [-0.2, 0) is 0 Å². The van der Waals surface area contributed by atoms with Crippen molar-refractivity contribution in [2.45, 2.75) is 0 Å². The standard InChI is InChI=1S/C43H26N4/c44-27-28-12-11-19-35-41-40(46(42(28)35)30-15-5-2-6-16-30)25-23-34-32-17-7-10-21-38(32)47(43(34)41)31-22-24-39-36(26-31)33-18-8-9-20-37(33)45(39)29-13-3-1-4-14-29/h1-26H. The fourth-order valence-electron chi connectivity index (χ4n) is 7.76. The summed E-state index contributed by atoms with van der Waals surface area (Å²) in [5, 5.41) is 17.3. The molecule has 4 nitrogen and oxygen atoms in total. The van der Waals surface area contributed by atoms with Gasteiger partial charge in [0, 0.05) is 49.4 Å². The Morgan fingerprint density at radius 1 is 0.362 bits per heavy atom. The maximum absolute atomic E-state index is 10.3. The first-order chi connectivity index (χ1) is 23.3. The minimum atomic E-state index is 0.661. The first-order valence-corrected chi connectivity index (χ1v) is 15.9. The van der Waals surface area contributed by atoms with Crippen molar-refractivity contribution < 1.29 is 0 Å². The maximum atomic E-state index is 10.3.